The van der Waals surface area contributed by atoms with Gasteiger partial charge in [0, 0.05) is 9.75 Å². The lowest BCUT2D eigenvalue weighted by molar-refractivity contribution is 0.0483. The molecule has 1 aromatic rings. The van der Waals surface area contributed by atoms with Gasteiger partial charge in [0.1, 0.15) is 5.60 Å². The van der Waals surface area contributed by atoms with Gasteiger partial charge in [-0.3, -0.25) is 0 Å². The second-order valence-corrected chi connectivity index (χ2v) is 6.15. The maximum absolute atomic E-state index is 11.6. The van der Waals surface area contributed by atoms with Crippen LogP contribution in [0.15, 0.2) is 12.1 Å². The van der Waals surface area contributed by atoms with Gasteiger partial charge in [0.15, 0.2) is 0 Å². The summed E-state index contributed by atoms with van der Waals surface area (Å²) in [6, 6.07) is 3.46. The predicted molar refractivity (Wildman–Crippen MR) is 68.3 cm³/mol. The van der Waals surface area contributed by atoms with E-state index in [0.29, 0.717) is 0 Å². The average Bonchev–Trinajstić information content (AvgIpc) is 2.58. The van der Waals surface area contributed by atoms with Crippen LogP contribution >= 0.6 is 11.3 Å². The van der Waals surface area contributed by atoms with Gasteiger partial charge in [0.2, 0.25) is 0 Å². The number of rotatable bonds is 3. The molecule has 5 heteroatoms. The van der Waals surface area contributed by atoms with Crippen LogP contribution in [0.5, 0.6) is 0 Å². The molecule has 0 fully saturated rings. The Kier molecular flexibility index (Phi) is 4.54. The van der Waals surface area contributed by atoms with Crippen LogP contribution in [0.25, 0.3) is 0 Å². The molecule has 0 saturated heterocycles. The molecular weight excluding hydrogens is 238 g/mol. The zero-order chi connectivity index (χ0) is 13.1. The van der Waals surface area contributed by atoms with Crippen molar-refractivity contribution >= 4 is 17.4 Å². The third-order valence-electron chi connectivity index (χ3n) is 1.98. The van der Waals surface area contributed by atoms with Gasteiger partial charge >= 0.3 is 6.09 Å². The predicted octanol–water partition coefficient (Wildman–Crippen LogP) is 2.61. The molecule has 17 heavy (non-hydrogen) atoms. The van der Waals surface area contributed by atoms with Crippen molar-refractivity contribution in [1.29, 1.82) is 0 Å². The zero-order valence-electron chi connectivity index (χ0n) is 10.6. The maximum atomic E-state index is 11.6. The number of aryl methyl sites for hydroxylation is 1. The number of aliphatic hydroxyl groups is 1. The minimum absolute atomic E-state index is 0.140. The highest BCUT2D eigenvalue weighted by Crippen LogP contribution is 2.22. The van der Waals surface area contributed by atoms with Crippen LogP contribution in [-0.2, 0) is 4.74 Å². The Labute approximate surface area is 106 Å². The Morgan fingerprint density at radius 1 is 1.53 bits per heavy atom. The van der Waals surface area contributed by atoms with E-state index in [1.807, 2.05) is 19.1 Å². The number of carbonyl (C=O) groups excluding carboxylic acids is 1. The fourth-order valence-electron chi connectivity index (χ4n) is 1.30. The van der Waals surface area contributed by atoms with E-state index in [1.165, 1.54) is 0 Å². The fourth-order valence-corrected chi connectivity index (χ4v) is 2.22. The first kappa shape index (κ1) is 14.0. The highest BCUT2D eigenvalue weighted by molar-refractivity contribution is 7.12. The van der Waals surface area contributed by atoms with Gasteiger partial charge in [-0.05, 0) is 39.8 Å². The molecule has 0 aliphatic heterocycles. The Bertz CT molecular complexity index is 381. The summed E-state index contributed by atoms with van der Waals surface area (Å²) in [5.41, 5.74) is -0.532. The van der Waals surface area contributed by atoms with E-state index in [0.717, 1.165) is 9.75 Å². The molecule has 1 rings (SSSR count). The largest absolute Gasteiger partial charge is 0.444 e. The summed E-state index contributed by atoms with van der Waals surface area (Å²) >= 11 is 1.55. The second kappa shape index (κ2) is 5.51. The van der Waals surface area contributed by atoms with E-state index in [-0.39, 0.29) is 6.61 Å². The number of amides is 1. The molecule has 0 radical (unpaired) electrons. The van der Waals surface area contributed by atoms with Gasteiger partial charge in [-0.2, -0.15) is 0 Å². The standard InChI is InChI=1S/C12H19NO3S/c1-8-5-6-10(17-8)9(7-14)13-11(15)16-12(2,3)4/h5-6,9,14H,7H2,1-4H3,(H,13,15). The number of ether oxygens (including phenoxy) is 1. The Balaban J connectivity index is 2.62. The Morgan fingerprint density at radius 2 is 2.18 bits per heavy atom. The van der Waals surface area contributed by atoms with Crippen LogP contribution in [0.3, 0.4) is 0 Å². The summed E-state index contributed by atoms with van der Waals surface area (Å²) < 4.78 is 5.14. The van der Waals surface area contributed by atoms with E-state index in [4.69, 9.17) is 4.74 Å². The van der Waals surface area contributed by atoms with E-state index in [9.17, 15) is 9.90 Å². The molecule has 2 N–H and O–H groups in total. The number of carbonyl (C=O) groups is 1. The zero-order valence-corrected chi connectivity index (χ0v) is 11.4. The van der Waals surface area contributed by atoms with Crippen molar-refractivity contribution in [2.45, 2.75) is 39.3 Å². The molecular formula is C12H19NO3S. The normalized spacial score (nSPS) is 13.2. The lowest BCUT2D eigenvalue weighted by atomic mass is 10.2. The molecule has 96 valence electrons. The van der Waals surface area contributed by atoms with Gasteiger partial charge in [0.05, 0.1) is 12.6 Å². The van der Waals surface area contributed by atoms with Crippen LogP contribution < -0.4 is 5.32 Å². The van der Waals surface area contributed by atoms with Crippen molar-refractivity contribution in [2.24, 2.45) is 0 Å². The van der Waals surface area contributed by atoms with Crippen molar-refractivity contribution in [3.8, 4) is 0 Å². The summed E-state index contributed by atoms with van der Waals surface area (Å²) in [6.07, 6.45) is -0.511. The molecule has 1 unspecified atom stereocenters. The third-order valence-corrected chi connectivity index (χ3v) is 3.09. The van der Waals surface area contributed by atoms with E-state index in [1.54, 1.807) is 32.1 Å². The minimum Gasteiger partial charge on any atom is -0.444 e. The maximum Gasteiger partial charge on any atom is 0.408 e. The van der Waals surface area contributed by atoms with Crippen molar-refractivity contribution in [3.63, 3.8) is 0 Å². The monoisotopic (exact) mass is 257 g/mol. The van der Waals surface area contributed by atoms with Gasteiger partial charge in [-0.25, -0.2) is 4.79 Å². The average molecular weight is 257 g/mol. The summed E-state index contributed by atoms with van der Waals surface area (Å²) in [5, 5.41) is 11.9. The van der Waals surface area contributed by atoms with Gasteiger partial charge < -0.3 is 15.2 Å². The lowest BCUT2D eigenvalue weighted by Crippen LogP contribution is -2.35. The number of nitrogens with one attached hydrogen (secondary N) is 1. The van der Waals surface area contributed by atoms with Crippen LogP contribution in [0.4, 0.5) is 4.79 Å². The van der Waals surface area contributed by atoms with Gasteiger partial charge in [0.25, 0.3) is 0 Å². The summed E-state index contributed by atoms with van der Waals surface area (Å²) in [4.78, 5) is 13.6. The Hall–Kier alpha value is -1.07. The molecule has 0 saturated carbocycles. The van der Waals surface area contributed by atoms with Gasteiger partial charge in [-0.15, -0.1) is 11.3 Å². The fraction of sp³-hybridized carbons (Fsp3) is 0.583. The molecule has 0 aliphatic rings. The molecule has 1 heterocycles. The SMILES string of the molecule is Cc1ccc(C(CO)NC(=O)OC(C)(C)C)s1. The van der Waals surface area contributed by atoms with Crippen LogP contribution in [-0.4, -0.2) is 23.4 Å². The molecule has 0 spiro atoms. The summed E-state index contributed by atoms with van der Waals surface area (Å²) in [5.74, 6) is 0. The van der Waals surface area contributed by atoms with Crippen molar-refractivity contribution in [1.82, 2.24) is 5.32 Å². The highest BCUT2D eigenvalue weighted by Gasteiger charge is 2.20. The molecule has 4 nitrogen and oxygen atoms in total. The quantitative estimate of drug-likeness (QED) is 0.875. The van der Waals surface area contributed by atoms with Crippen LogP contribution in [0, 0.1) is 6.92 Å². The van der Waals surface area contributed by atoms with E-state index >= 15 is 0 Å². The molecule has 1 amide bonds. The second-order valence-electron chi connectivity index (χ2n) is 4.83. The number of hydrogen-bond acceptors (Lipinski definition) is 4. The molecule has 0 aromatic carbocycles. The number of hydrogen-bond donors (Lipinski definition) is 2. The molecule has 1 aromatic heterocycles. The number of alkyl carbamates (subject to hydrolysis) is 1. The van der Waals surface area contributed by atoms with Crippen LogP contribution in [0.2, 0.25) is 0 Å². The minimum atomic E-state index is -0.532. The first-order valence-corrected chi connectivity index (χ1v) is 6.30. The molecule has 1 atom stereocenters. The topological polar surface area (TPSA) is 58.6 Å². The smallest absolute Gasteiger partial charge is 0.408 e. The molecule has 0 bridgehead atoms. The first-order valence-electron chi connectivity index (χ1n) is 5.48. The Morgan fingerprint density at radius 3 is 2.59 bits per heavy atom. The highest BCUT2D eigenvalue weighted by atomic mass is 32.1. The number of aliphatic hydroxyl groups excluding tert-OH is 1. The molecule has 0 aliphatic carbocycles. The van der Waals surface area contributed by atoms with Crippen LogP contribution in [0.1, 0.15) is 36.6 Å². The van der Waals surface area contributed by atoms with Crippen molar-refractivity contribution < 1.29 is 14.6 Å². The van der Waals surface area contributed by atoms with E-state index < -0.39 is 17.7 Å². The van der Waals surface area contributed by atoms with E-state index in [2.05, 4.69) is 5.32 Å². The summed E-state index contributed by atoms with van der Waals surface area (Å²) in [6.45, 7) is 7.25. The van der Waals surface area contributed by atoms with Crippen molar-refractivity contribution in [2.75, 3.05) is 6.61 Å². The lowest BCUT2D eigenvalue weighted by Gasteiger charge is -2.22. The summed E-state index contributed by atoms with van der Waals surface area (Å²) in [7, 11) is 0. The van der Waals surface area contributed by atoms with Crippen molar-refractivity contribution in [3.05, 3.63) is 21.9 Å². The first-order chi connectivity index (χ1) is 7.81. The number of thiophene rings is 1. The van der Waals surface area contributed by atoms with Gasteiger partial charge in [-0.1, -0.05) is 0 Å². The third kappa shape index (κ3) is 4.75.